The van der Waals surface area contributed by atoms with E-state index in [2.05, 4.69) is 110 Å². The second kappa shape index (κ2) is 8.67. The minimum Gasteiger partial charge on any atom is -0.200 e. The van der Waals surface area contributed by atoms with Crippen LogP contribution in [0.4, 0.5) is 0 Å². The average molecular weight is 419 g/mol. The zero-order chi connectivity index (χ0) is 22.2. The third-order valence-corrected chi connectivity index (χ3v) is 13.9. The lowest BCUT2D eigenvalue weighted by Crippen LogP contribution is -2.49. The minimum absolute atomic E-state index is 0.529. The fraction of sp³-hybridized carbons (Fsp3) is 0.464. The van der Waals surface area contributed by atoms with Gasteiger partial charge in [-0.15, -0.1) is 0 Å². The summed E-state index contributed by atoms with van der Waals surface area (Å²) in [6.07, 6.45) is 2.24. The number of benzene rings is 2. The van der Waals surface area contributed by atoms with E-state index in [1.807, 2.05) is 0 Å². The number of rotatable bonds is 6. The van der Waals surface area contributed by atoms with Gasteiger partial charge in [0.25, 0.3) is 0 Å². The van der Waals surface area contributed by atoms with Crippen LogP contribution in [-0.4, -0.2) is 8.07 Å². The molecule has 0 N–H and O–H groups in total. The van der Waals surface area contributed by atoms with Crippen LogP contribution in [0, 0.1) is 13.8 Å². The van der Waals surface area contributed by atoms with Crippen molar-refractivity contribution in [3.8, 4) is 11.3 Å². The molecular formula is C28H40NSi+. The fourth-order valence-electron chi connectivity index (χ4n) is 5.29. The lowest BCUT2D eigenvalue weighted by molar-refractivity contribution is -0.659. The molecule has 30 heavy (non-hydrogen) atoms. The van der Waals surface area contributed by atoms with Gasteiger partial charge in [0.2, 0.25) is 5.69 Å². The quantitative estimate of drug-likeness (QED) is 0.295. The number of nitrogens with zero attached hydrogens (tertiary/aromatic N) is 1. The van der Waals surface area contributed by atoms with Gasteiger partial charge < -0.3 is 0 Å². The first-order valence-electron chi connectivity index (χ1n) is 11.7. The molecule has 0 fully saturated rings. The van der Waals surface area contributed by atoms with E-state index in [9.17, 15) is 0 Å². The van der Waals surface area contributed by atoms with E-state index >= 15 is 0 Å². The minimum atomic E-state index is -1.47. The van der Waals surface area contributed by atoms with Gasteiger partial charge in [-0.25, -0.2) is 4.57 Å². The molecule has 0 radical (unpaired) electrons. The van der Waals surface area contributed by atoms with Crippen LogP contribution in [0.5, 0.6) is 0 Å². The van der Waals surface area contributed by atoms with Crippen molar-refractivity contribution in [3.05, 3.63) is 59.3 Å². The number of hydrogen-bond acceptors (Lipinski definition) is 0. The van der Waals surface area contributed by atoms with Gasteiger partial charge in [0.1, 0.15) is 7.05 Å². The third kappa shape index (κ3) is 3.75. The number of aryl methyl sites for hydroxylation is 2. The van der Waals surface area contributed by atoms with E-state index in [1.165, 1.54) is 50.8 Å². The van der Waals surface area contributed by atoms with Gasteiger partial charge >= 0.3 is 0 Å². The first kappa shape index (κ1) is 22.7. The summed E-state index contributed by atoms with van der Waals surface area (Å²) in [7, 11) is 0.710. The van der Waals surface area contributed by atoms with Crippen molar-refractivity contribution in [1.82, 2.24) is 0 Å². The largest absolute Gasteiger partial charge is 0.220 e. The standard InChI is InChI=1S/C28H40NSi/c1-10-30(11-2,20(5)6)25-12-13-26-23(17-25)14-15-29(9)28(26)27-18-24(19(3)4)16-21(7)22(27)8/h12-20H,10-11H2,1-9H3/q+1. The molecule has 0 unspecified atom stereocenters. The number of fused-ring (bicyclic) bond motifs is 1. The smallest absolute Gasteiger partial charge is 0.200 e. The first-order valence-corrected chi connectivity index (χ1v) is 14.2. The Morgan fingerprint density at radius 3 is 2.13 bits per heavy atom. The van der Waals surface area contributed by atoms with Gasteiger partial charge in [-0.05, 0) is 59.5 Å². The van der Waals surface area contributed by atoms with Gasteiger partial charge in [0, 0.05) is 6.07 Å². The van der Waals surface area contributed by atoms with Crippen molar-refractivity contribution in [3.63, 3.8) is 0 Å². The molecule has 0 aliphatic heterocycles. The Morgan fingerprint density at radius 1 is 0.900 bits per heavy atom. The summed E-state index contributed by atoms with van der Waals surface area (Å²) >= 11 is 0. The Hall–Kier alpha value is -1.93. The van der Waals surface area contributed by atoms with Crippen LogP contribution in [0.25, 0.3) is 22.0 Å². The summed E-state index contributed by atoms with van der Waals surface area (Å²) in [6, 6.07) is 17.1. The van der Waals surface area contributed by atoms with Gasteiger partial charge in [-0.1, -0.05) is 77.0 Å². The zero-order valence-corrected chi connectivity index (χ0v) is 21.6. The van der Waals surface area contributed by atoms with Crippen molar-refractivity contribution in [2.75, 3.05) is 0 Å². The van der Waals surface area contributed by atoms with E-state index in [0.29, 0.717) is 5.92 Å². The lowest BCUT2D eigenvalue weighted by atomic mass is 9.91. The number of pyridine rings is 1. The molecule has 0 aliphatic carbocycles. The number of aromatic nitrogens is 1. The molecule has 0 amide bonds. The van der Waals surface area contributed by atoms with Crippen molar-refractivity contribution in [2.24, 2.45) is 7.05 Å². The average Bonchev–Trinajstić information content (AvgIpc) is 2.71. The molecule has 160 valence electrons. The molecule has 1 nitrogen and oxygen atoms in total. The highest BCUT2D eigenvalue weighted by atomic mass is 28.3. The van der Waals surface area contributed by atoms with Gasteiger partial charge in [-0.3, -0.25) is 0 Å². The van der Waals surface area contributed by atoms with Crippen LogP contribution in [-0.2, 0) is 7.05 Å². The Morgan fingerprint density at radius 2 is 1.57 bits per heavy atom. The van der Waals surface area contributed by atoms with Gasteiger partial charge in [-0.2, -0.15) is 0 Å². The molecule has 0 saturated carbocycles. The van der Waals surface area contributed by atoms with Crippen LogP contribution in [0.1, 0.15) is 64.2 Å². The van der Waals surface area contributed by atoms with E-state index in [1.54, 1.807) is 5.19 Å². The van der Waals surface area contributed by atoms with Gasteiger partial charge in [0.15, 0.2) is 6.20 Å². The molecule has 0 saturated heterocycles. The highest BCUT2D eigenvalue weighted by molar-refractivity contribution is 6.92. The van der Waals surface area contributed by atoms with E-state index in [0.717, 1.165) is 5.54 Å². The predicted octanol–water partition coefficient (Wildman–Crippen LogP) is 7.18. The zero-order valence-electron chi connectivity index (χ0n) is 20.6. The Labute approximate surface area is 185 Å². The first-order chi connectivity index (χ1) is 14.2. The highest BCUT2D eigenvalue weighted by Gasteiger charge is 2.35. The topological polar surface area (TPSA) is 3.88 Å². The molecule has 0 spiro atoms. The summed E-state index contributed by atoms with van der Waals surface area (Å²) in [4.78, 5) is 0. The SMILES string of the molecule is CC[Si](CC)(c1ccc2c(-c3cc(C(C)C)cc(C)c3C)[n+](C)ccc2c1)C(C)C. The van der Waals surface area contributed by atoms with Crippen LogP contribution in [0.15, 0.2) is 42.6 Å². The highest BCUT2D eigenvalue weighted by Crippen LogP contribution is 2.34. The number of hydrogen-bond donors (Lipinski definition) is 0. The van der Waals surface area contributed by atoms with Crippen LogP contribution >= 0.6 is 0 Å². The summed E-state index contributed by atoms with van der Waals surface area (Å²) in [5.74, 6) is 0.529. The second-order valence-electron chi connectivity index (χ2n) is 9.76. The summed E-state index contributed by atoms with van der Waals surface area (Å²) in [5.41, 5.74) is 7.67. The van der Waals surface area contributed by atoms with E-state index in [4.69, 9.17) is 0 Å². The molecular weight excluding hydrogens is 378 g/mol. The summed E-state index contributed by atoms with van der Waals surface area (Å²) in [5, 5.41) is 4.37. The maximum Gasteiger partial charge on any atom is 0.220 e. The molecule has 3 rings (SSSR count). The molecule has 0 aliphatic rings. The molecule has 1 aromatic heterocycles. The van der Waals surface area contributed by atoms with E-state index < -0.39 is 8.07 Å². The van der Waals surface area contributed by atoms with Gasteiger partial charge in [0.05, 0.1) is 19.0 Å². The van der Waals surface area contributed by atoms with E-state index in [-0.39, 0.29) is 0 Å². The molecule has 0 bridgehead atoms. The summed E-state index contributed by atoms with van der Waals surface area (Å²) < 4.78 is 2.31. The van der Waals surface area contributed by atoms with Crippen molar-refractivity contribution < 1.29 is 4.57 Å². The third-order valence-electron chi connectivity index (χ3n) is 7.69. The van der Waals surface area contributed by atoms with Crippen LogP contribution in [0.2, 0.25) is 17.6 Å². The van der Waals surface area contributed by atoms with Crippen molar-refractivity contribution in [1.29, 1.82) is 0 Å². The Balaban J connectivity index is 2.30. The molecule has 1 heterocycles. The maximum atomic E-state index is 2.52. The van der Waals surface area contributed by atoms with Crippen molar-refractivity contribution >= 4 is 24.0 Å². The molecule has 2 heteroatoms. The Bertz CT molecular complexity index is 1060. The van der Waals surface area contributed by atoms with Crippen molar-refractivity contribution in [2.45, 2.75) is 78.9 Å². The Kier molecular flexibility index (Phi) is 6.57. The van der Waals surface area contributed by atoms with Crippen LogP contribution in [0.3, 0.4) is 0 Å². The fourth-order valence-corrected chi connectivity index (χ4v) is 9.77. The molecule has 2 aromatic carbocycles. The molecule has 3 aromatic rings. The normalized spacial score (nSPS) is 12.4. The second-order valence-corrected chi connectivity index (χ2v) is 15.2. The predicted molar refractivity (Wildman–Crippen MR) is 136 cm³/mol. The summed E-state index contributed by atoms with van der Waals surface area (Å²) in [6.45, 7) is 18.8. The molecule has 0 atom stereocenters. The van der Waals surface area contributed by atoms with Crippen LogP contribution < -0.4 is 9.75 Å². The maximum absolute atomic E-state index is 2.52. The monoisotopic (exact) mass is 418 g/mol. The lowest BCUT2D eigenvalue weighted by Gasteiger charge is -2.34.